The van der Waals surface area contributed by atoms with Gasteiger partial charge < -0.3 is 4.74 Å². The van der Waals surface area contributed by atoms with Gasteiger partial charge in [0.2, 0.25) is 10.0 Å². The molecule has 3 rings (SSSR count). The standard InChI is InChI=1S/C20H23ClFN3O5S/c1-11(16-13(22)6-5-9-20(16,2)3)17(18-23-19(26)30-24-18)25-31(27,28)15-8-7-12(21)10-14(15)29-4/h5-11,16-17,25H,1-4H3,(H,23,24,26)/t11-,16?,17+/m1/s1. The molecular weight excluding hydrogens is 449 g/mol. The molecule has 11 heteroatoms. The molecule has 2 N–H and O–H groups in total. The summed E-state index contributed by atoms with van der Waals surface area (Å²) in [5.41, 5.74) is -0.621. The number of nitrogens with one attached hydrogen (secondary N) is 2. The fraction of sp³-hybridized carbons (Fsp3) is 0.400. The average Bonchev–Trinajstić information content (AvgIpc) is 3.11. The van der Waals surface area contributed by atoms with E-state index in [1.807, 2.05) is 19.9 Å². The van der Waals surface area contributed by atoms with Crippen molar-refractivity contribution in [2.75, 3.05) is 7.11 Å². The molecule has 1 aromatic carbocycles. The normalized spacial score (nSPS) is 20.2. The van der Waals surface area contributed by atoms with Crippen molar-refractivity contribution in [2.24, 2.45) is 17.3 Å². The van der Waals surface area contributed by atoms with Crippen LogP contribution in [0.1, 0.15) is 32.6 Å². The molecule has 2 aromatic rings. The van der Waals surface area contributed by atoms with E-state index in [1.54, 1.807) is 13.0 Å². The first-order valence-corrected chi connectivity index (χ1v) is 11.3. The number of H-pyrrole nitrogens is 1. The quantitative estimate of drug-likeness (QED) is 0.635. The summed E-state index contributed by atoms with van der Waals surface area (Å²) in [5.74, 6) is -2.64. The van der Waals surface area contributed by atoms with Crippen LogP contribution in [0.15, 0.2) is 56.5 Å². The van der Waals surface area contributed by atoms with E-state index in [2.05, 4.69) is 19.4 Å². The van der Waals surface area contributed by atoms with Crippen LogP contribution in [0.25, 0.3) is 0 Å². The van der Waals surface area contributed by atoms with Gasteiger partial charge in [-0.1, -0.05) is 49.7 Å². The lowest BCUT2D eigenvalue weighted by Gasteiger charge is -2.39. The summed E-state index contributed by atoms with van der Waals surface area (Å²) in [6, 6.07) is 2.97. The van der Waals surface area contributed by atoms with Gasteiger partial charge in [0.05, 0.1) is 13.2 Å². The third kappa shape index (κ3) is 4.76. The Morgan fingerprint density at radius 2 is 2.10 bits per heavy atom. The van der Waals surface area contributed by atoms with Crippen LogP contribution in [-0.4, -0.2) is 25.7 Å². The summed E-state index contributed by atoms with van der Waals surface area (Å²) in [6.45, 7) is 5.37. The van der Waals surface area contributed by atoms with E-state index in [4.69, 9.17) is 16.3 Å². The molecule has 0 bridgehead atoms. The number of nitrogens with zero attached hydrogens (tertiary/aromatic N) is 1. The fourth-order valence-corrected chi connectivity index (χ4v) is 5.56. The van der Waals surface area contributed by atoms with E-state index in [-0.39, 0.29) is 16.5 Å². The number of aromatic nitrogens is 2. The number of halogens is 2. The molecule has 0 aliphatic heterocycles. The number of rotatable bonds is 7. The molecule has 0 amide bonds. The summed E-state index contributed by atoms with van der Waals surface area (Å²) in [6.07, 6.45) is 4.80. The zero-order valence-corrected chi connectivity index (χ0v) is 18.9. The van der Waals surface area contributed by atoms with Crippen molar-refractivity contribution in [1.29, 1.82) is 0 Å². The highest BCUT2D eigenvalue weighted by atomic mass is 35.5. The van der Waals surface area contributed by atoms with Gasteiger partial charge in [0.1, 0.15) is 16.5 Å². The Kier molecular flexibility index (Phi) is 6.45. The van der Waals surface area contributed by atoms with Gasteiger partial charge in [-0.25, -0.2) is 17.6 Å². The Labute approximate surface area is 184 Å². The Hall–Kier alpha value is -2.43. The highest BCUT2D eigenvalue weighted by molar-refractivity contribution is 7.89. The molecule has 0 radical (unpaired) electrons. The molecule has 1 heterocycles. The smallest absolute Gasteiger partial charge is 0.438 e. The highest BCUT2D eigenvalue weighted by Crippen LogP contribution is 2.46. The van der Waals surface area contributed by atoms with Crippen LogP contribution in [0.2, 0.25) is 5.02 Å². The Bertz CT molecular complexity index is 1190. The van der Waals surface area contributed by atoms with Crippen LogP contribution in [-0.2, 0) is 10.0 Å². The van der Waals surface area contributed by atoms with E-state index in [1.165, 1.54) is 31.4 Å². The minimum Gasteiger partial charge on any atom is -0.495 e. The second kappa shape index (κ2) is 8.60. The fourth-order valence-electron chi connectivity index (χ4n) is 3.95. The minimum atomic E-state index is -4.19. The van der Waals surface area contributed by atoms with Crippen molar-refractivity contribution in [2.45, 2.75) is 31.7 Å². The van der Waals surface area contributed by atoms with Crippen LogP contribution in [0.3, 0.4) is 0 Å². The number of methoxy groups -OCH3 is 1. The maximum Gasteiger partial charge on any atom is 0.438 e. The first-order valence-electron chi connectivity index (χ1n) is 9.43. The summed E-state index contributed by atoms with van der Waals surface area (Å²) < 4.78 is 53.6. The lowest BCUT2D eigenvalue weighted by Crippen LogP contribution is -2.41. The molecule has 0 saturated carbocycles. The van der Waals surface area contributed by atoms with Gasteiger partial charge in [-0.2, -0.15) is 4.72 Å². The first kappa shape index (κ1) is 23.2. The maximum atomic E-state index is 14.9. The number of aromatic amines is 1. The monoisotopic (exact) mass is 471 g/mol. The van der Waals surface area contributed by atoms with Crippen LogP contribution in [0.4, 0.5) is 4.39 Å². The van der Waals surface area contributed by atoms with Crippen molar-refractivity contribution in [3.63, 3.8) is 0 Å². The first-order chi connectivity index (χ1) is 14.5. The van der Waals surface area contributed by atoms with Crippen molar-refractivity contribution in [3.8, 4) is 5.75 Å². The third-order valence-electron chi connectivity index (χ3n) is 5.38. The molecule has 1 unspecified atom stereocenters. The molecule has 0 spiro atoms. The van der Waals surface area contributed by atoms with Crippen LogP contribution < -0.4 is 15.2 Å². The number of hydrogen-bond donors (Lipinski definition) is 2. The van der Waals surface area contributed by atoms with E-state index >= 15 is 0 Å². The summed E-state index contributed by atoms with van der Waals surface area (Å²) in [7, 11) is -2.88. The highest BCUT2D eigenvalue weighted by Gasteiger charge is 2.43. The molecule has 168 valence electrons. The van der Waals surface area contributed by atoms with Crippen molar-refractivity contribution in [1.82, 2.24) is 14.9 Å². The lowest BCUT2D eigenvalue weighted by atomic mass is 9.67. The molecule has 31 heavy (non-hydrogen) atoms. The zero-order valence-electron chi connectivity index (χ0n) is 17.3. The minimum absolute atomic E-state index is 0.0343. The lowest BCUT2D eigenvalue weighted by molar-refractivity contribution is 0.169. The van der Waals surface area contributed by atoms with E-state index in [0.717, 1.165) is 0 Å². The molecule has 8 nitrogen and oxygen atoms in total. The van der Waals surface area contributed by atoms with Gasteiger partial charge in [0, 0.05) is 17.0 Å². The predicted molar refractivity (Wildman–Crippen MR) is 113 cm³/mol. The number of benzene rings is 1. The van der Waals surface area contributed by atoms with E-state index in [9.17, 15) is 17.6 Å². The van der Waals surface area contributed by atoms with Crippen LogP contribution >= 0.6 is 11.6 Å². The third-order valence-corrected chi connectivity index (χ3v) is 7.10. The van der Waals surface area contributed by atoms with E-state index < -0.39 is 44.9 Å². The van der Waals surface area contributed by atoms with Gasteiger partial charge in [0.15, 0.2) is 5.82 Å². The molecule has 1 aliphatic rings. The Balaban J connectivity index is 2.06. The van der Waals surface area contributed by atoms with E-state index in [0.29, 0.717) is 5.02 Å². The molecule has 0 fully saturated rings. The number of hydrogen-bond acceptors (Lipinski definition) is 6. The number of ether oxygens (including phenoxy) is 1. The largest absolute Gasteiger partial charge is 0.495 e. The van der Waals surface area contributed by atoms with Crippen molar-refractivity contribution >= 4 is 21.6 Å². The average molecular weight is 472 g/mol. The Morgan fingerprint density at radius 3 is 2.68 bits per heavy atom. The Morgan fingerprint density at radius 1 is 1.39 bits per heavy atom. The zero-order chi connectivity index (χ0) is 23.0. The second-order valence-electron chi connectivity index (χ2n) is 7.94. The molecule has 1 aromatic heterocycles. The molecular formula is C20H23ClFN3O5S. The summed E-state index contributed by atoms with van der Waals surface area (Å²) in [5, 5.41) is 3.95. The molecule has 0 saturated heterocycles. The molecule has 1 aliphatic carbocycles. The van der Waals surface area contributed by atoms with Crippen molar-refractivity contribution in [3.05, 3.63) is 63.7 Å². The van der Waals surface area contributed by atoms with Crippen molar-refractivity contribution < 1.29 is 22.1 Å². The summed E-state index contributed by atoms with van der Waals surface area (Å²) in [4.78, 5) is 13.8. The van der Waals surface area contributed by atoms with Gasteiger partial charge in [0.25, 0.3) is 0 Å². The van der Waals surface area contributed by atoms with Gasteiger partial charge in [-0.3, -0.25) is 9.51 Å². The SMILES string of the molecule is COc1cc(Cl)ccc1S(=O)(=O)N[C@H](c1noc(=O)[nH]1)[C@H](C)C1C(F)=CC=CC1(C)C. The maximum absolute atomic E-state index is 14.9. The van der Waals surface area contributed by atoms with Crippen LogP contribution in [0, 0.1) is 17.3 Å². The predicted octanol–water partition coefficient (Wildman–Crippen LogP) is 3.75. The van der Waals surface area contributed by atoms with Gasteiger partial charge >= 0.3 is 5.76 Å². The molecule has 3 atom stereocenters. The van der Waals surface area contributed by atoms with Crippen LogP contribution in [0.5, 0.6) is 5.75 Å². The second-order valence-corrected chi connectivity index (χ2v) is 10.1. The summed E-state index contributed by atoms with van der Waals surface area (Å²) >= 11 is 5.94. The van der Waals surface area contributed by atoms with Gasteiger partial charge in [-0.15, -0.1) is 0 Å². The number of sulfonamides is 1. The number of allylic oxidation sites excluding steroid dienone is 4. The van der Waals surface area contributed by atoms with Gasteiger partial charge in [-0.05, 0) is 29.5 Å². The topological polar surface area (TPSA) is 114 Å².